The number of aromatic nitrogens is 2. The van der Waals surface area contributed by atoms with E-state index < -0.39 is 0 Å². The monoisotopic (exact) mass is 326 g/mol. The number of nitrogens with zero attached hydrogens (tertiary/aromatic N) is 3. The first-order chi connectivity index (χ1) is 11.7. The fraction of sp³-hybridized carbons (Fsp3) is 0.389. The van der Waals surface area contributed by atoms with Gasteiger partial charge in [0.15, 0.2) is 0 Å². The van der Waals surface area contributed by atoms with Crippen molar-refractivity contribution in [2.75, 3.05) is 26.7 Å². The summed E-state index contributed by atoms with van der Waals surface area (Å²) in [6.07, 6.45) is 3.85. The van der Waals surface area contributed by atoms with Gasteiger partial charge in [0, 0.05) is 44.5 Å². The number of ether oxygens (including phenoxy) is 1. The number of aryl methyl sites for hydroxylation is 1. The molecule has 126 valence electrons. The van der Waals surface area contributed by atoms with Crippen molar-refractivity contribution in [1.82, 2.24) is 19.8 Å². The van der Waals surface area contributed by atoms with Crippen LogP contribution in [-0.2, 0) is 13.6 Å². The maximum absolute atomic E-state index is 6.02. The Hall–Kier alpha value is -2.31. The van der Waals surface area contributed by atoms with Gasteiger partial charge in [-0.2, -0.15) is 0 Å². The number of furan rings is 1. The minimum atomic E-state index is 0.251. The zero-order chi connectivity index (χ0) is 16.5. The van der Waals surface area contributed by atoms with Gasteiger partial charge in [-0.3, -0.25) is 4.90 Å². The van der Waals surface area contributed by atoms with Gasteiger partial charge < -0.3 is 19.0 Å². The maximum Gasteiger partial charge on any atom is 0.134 e. The molecule has 0 bridgehead atoms. The summed E-state index contributed by atoms with van der Waals surface area (Å²) in [5, 5.41) is 4.54. The van der Waals surface area contributed by atoms with Gasteiger partial charge in [-0.1, -0.05) is 0 Å². The second kappa shape index (κ2) is 6.30. The van der Waals surface area contributed by atoms with Gasteiger partial charge in [-0.15, -0.1) is 0 Å². The largest absolute Gasteiger partial charge is 0.497 e. The van der Waals surface area contributed by atoms with Gasteiger partial charge in [0.2, 0.25) is 0 Å². The van der Waals surface area contributed by atoms with E-state index in [4.69, 9.17) is 9.15 Å². The number of piperazine rings is 1. The Morgan fingerprint density at radius 1 is 1.38 bits per heavy atom. The highest BCUT2D eigenvalue weighted by Gasteiger charge is 2.27. The Labute approximate surface area is 141 Å². The lowest BCUT2D eigenvalue weighted by Gasteiger charge is -2.35. The van der Waals surface area contributed by atoms with Crippen molar-refractivity contribution >= 4 is 11.0 Å². The zero-order valence-corrected chi connectivity index (χ0v) is 14.0. The number of hydrogen-bond acceptors (Lipinski definition) is 5. The molecule has 6 nitrogen and oxygen atoms in total. The van der Waals surface area contributed by atoms with E-state index in [-0.39, 0.29) is 6.04 Å². The summed E-state index contributed by atoms with van der Waals surface area (Å²) in [7, 11) is 3.73. The van der Waals surface area contributed by atoms with Crippen LogP contribution >= 0.6 is 0 Å². The standard InChI is InChI=1S/C18H22N4O2/c1-21-7-6-20-18(21)16-11-19-5-8-22(16)12-15-10-13-9-14(23-2)3-4-17(13)24-15/h3-4,6-7,9-10,16,19H,5,8,11-12H2,1-2H3. The molecule has 1 fully saturated rings. The Morgan fingerprint density at radius 3 is 3.08 bits per heavy atom. The lowest BCUT2D eigenvalue weighted by Crippen LogP contribution is -2.46. The van der Waals surface area contributed by atoms with E-state index in [1.54, 1.807) is 7.11 Å². The number of rotatable bonds is 4. The van der Waals surface area contributed by atoms with Crippen molar-refractivity contribution in [2.45, 2.75) is 12.6 Å². The summed E-state index contributed by atoms with van der Waals surface area (Å²) in [5.74, 6) is 2.90. The summed E-state index contributed by atoms with van der Waals surface area (Å²) >= 11 is 0. The lowest BCUT2D eigenvalue weighted by molar-refractivity contribution is 0.135. The van der Waals surface area contributed by atoms with Crippen LogP contribution in [0.5, 0.6) is 5.75 Å². The van der Waals surface area contributed by atoms with Crippen LogP contribution in [0.4, 0.5) is 0 Å². The van der Waals surface area contributed by atoms with Crippen LogP contribution in [0.25, 0.3) is 11.0 Å². The number of methoxy groups -OCH3 is 1. The molecule has 1 aliphatic rings. The third-order valence-corrected chi connectivity index (χ3v) is 4.64. The fourth-order valence-electron chi connectivity index (χ4n) is 3.37. The molecule has 1 saturated heterocycles. The summed E-state index contributed by atoms with van der Waals surface area (Å²) < 4.78 is 13.4. The number of hydrogen-bond donors (Lipinski definition) is 1. The van der Waals surface area contributed by atoms with E-state index in [9.17, 15) is 0 Å². The fourth-order valence-corrected chi connectivity index (χ4v) is 3.37. The molecule has 1 aromatic carbocycles. The first-order valence-electron chi connectivity index (χ1n) is 8.23. The molecule has 4 rings (SSSR count). The molecule has 0 aliphatic carbocycles. The van der Waals surface area contributed by atoms with E-state index in [1.165, 1.54) is 0 Å². The number of nitrogens with one attached hydrogen (secondary N) is 1. The van der Waals surface area contributed by atoms with Crippen molar-refractivity contribution in [3.05, 3.63) is 48.2 Å². The third-order valence-electron chi connectivity index (χ3n) is 4.64. The topological polar surface area (TPSA) is 55.5 Å². The molecular weight excluding hydrogens is 304 g/mol. The SMILES string of the molecule is COc1ccc2oc(CN3CCNCC3c3nccn3C)cc2c1. The summed E-state index contributed by atoms with van der Waals surface area (Å²) in [6, 6.07) is 8.26. The predicted molar refractivity (Wildman–Crippen MR) is 92.0 cm³/mol. The molecule has 6 heteroatoms. The Balaban J connectivity index is 1.59. The van der Waals surface area contributed by atoms with Crippen LogP contribution in [0.2, 0.25) is 0 Å². The van der Waals surface area contributed by atoms with Gasteiger partial charge in [-0.25, -0.2) is 4.98 Å². The minimum absolute atomic E-state index is 0.251. The van der Waals surface area contributed by atoms with E-state index >= 15 is 0 Å². The normalized spacial score (nSPS) is 19.0. The molecular formula is C18H22N4O2. The van der Waals surface area contributed by atoms with Crippen LogP contribution < -0.4 is 10.1 Å². The number of fused-ring (bicyclic) bond motifs is 1. The third kappa shape index (κ3) is 2.79. The lowest BCUT2D eigenvalue weighted by atomic mass is 10.1. The first-order valence-corrected chi connectivity index (χ1v) is 8.23. The second-order valence-corrected chi connectivity index (χ2v) is 6.20. The number of imidazole rings is 1. The Bertz CT molecular complexity index is 839. The quantitative estimate of drug-likeness (QED) is 0.797. The van der Waals surface area contributed by atoms with Gasteiger partial charge in [0.1, 0.15) is 22.9 Å². The van der Waals surface area contributed by atoms with Crippen molar-refractivity contribution < 1.29 is 9.15 Å². The molecule has 0 radical (unpaired) electrons. The van der Waals surface area contributed by atoms with Gasteiger partial charge >= 0.3 is 0 Å². The molecule has 3 aromatic rings. The molecule has 2 aromatic heterocycles. The average Bonchev–Trinajstić information content (AvgIpc) is 3.20. The second-order valence-electron chi connectivity index (χ2n) is 6.20. The van der Waals surface area contributed by atoms with E-state index in [0.29, 0.717) is 0 Å². The maximum atomic E-state index is 6.02. The average molecular weight is 326 g/mol. The Morgan fingerprint density at radius 2 is 2.29 bits per heavy atom. The summed E-state index contributed by atoms with van der Waals surface area (Å²) in [5.41, 5.74) is 0.898. The summed E-state index contributed by atoms with van der Waals surface area (Å²) in [4.78, 5) is 6.96. The van der Waals surface area contributed by atoms with Gasteiger partial charge in [0.05, 0.1) is 19.7 Å². The van der Waals surface area contributed by atoms with Crippen LogP contribution in [-0.4, -0.2) is 41.2 Å². The highest BCUT2D eigenvalue weighted by Crippen LogP contribution is 2.27. The van der Waals surface area contributed by atoms with E-state index in [1.807, 2.05) is 37.6 Å². The van der Waals surface area contributed by atoms with Crippen LogP contribution in [0.15, 0.2) is 41.1 Å². The van der Waals surface area contributed by atoms with Crippen molar-refractivity contribution in [3.63, 3.8) is 0 Å². The summed E-state index contributed by atoms with van der Waals surface area (Å²) in [6.45, 7) is 3.63. The molecule has 0 saturated carbocycles. The van der Waals surface area contributed by atoms with Crippen LogP contribution in [0.3, 0.4) is 0 Å². The first kappa shape index (κ1) is 15.2. The van der Waals surface area contributed by atoms with Crippen molar-refractivity contribution in [3.8, 4) is 5.75 Å². The minimum Gasteiger partial charge on any atom is -0.497 e. The predicted octanol–water partition coefficient (Wildman–Crippen LogP) is 2.32. The molecule has 24 heavy (non-hydrogen) atoms. The molecule has 1 atom stereocenters. The van der Waals surface area contributed by atoms with Gasteiger partial charge in [-0.05, 0) is 24.3 Å². The molecule has 1 N–H and O–H groups in total. The highest BCUT2D eigenvalue weighted by molar-refractivity contribution is 5.79. The molecule has 1 aliphatic heterocycles. The Kier molecular flexibility index (Phi) is 4.00. The van der Waals surface area contributed by atoms with Crippen molar-refractivity contribution in [1.29, 1.82) is 0 Å². The van der Waals surface area contributed by atoms with Crippen molar-refractivity contribution in [2.24, 2.45) is 7.05 Å². The molecule has 0 amide bonds. The van der Waals surface area contributed by atoms with E-state index in [0.717, 1.165) is 54.5 Å². The molecule has 0 spiro atoms. The molecule has 1 unspecified atom stereocenters. The van der Waals surface area contributed by atoms with Crippen LogP contribution in [0.1, 0.15) is 17.6 Å². The van der Waals surface area contributed by atoms with Crippen LogP contribution in [0, 0.1) is 0 Å². The van der Waals surface area contributed by atoms with E-state index in [2.05, 4.69) is 25.8 Å². The highest BCUT2D eigenvalue weighted by atomic mass is 16.5. The molecule has 3 heterocycles. The smallest absolute Gasteiger partial charge is 0.134 e. The van der Waals surface area contributed by atoms with Gasteiger partial charge in [0.25, 0.3) is 0 Å². The zero-order valence-electron chi connectivity index (χ0n) is 14.0. The number of benzene rings is 1.